The Bertz CT molecular complexity index is 822. The van der Waals surface area contributed by atoms with Crippen LogP contribution in [0.3, 0.4) is 0 Å². The van der Waals surface area contributed by atoms with Crippen LogP contribution < -0.4 is 14.8 Å². The molecule has 0 heterocycles. The minimum atomic E-state index is -0.783. The predicted octanol–water partition coefficient (Wildman–Crippen LogP) is 3.18. The molecule has 0 fully saturated rings. The Morgan fingerprint density at radius 3 is 2.36 bits per heavy atom. The molecule has 0 aliphatic carbocycles. The first-order chi connectivity index (χ1) is 11.9. The van der Waals surface area contributed by atoms with E-state index in [0.29, 0.717) is 28.3 Å². The second-order valence-electron chi connectivity index (χ2n) is 5.36. The number of amides is 1. The molecule has 2 aromatic carbocycles. The first-order valence-corrected chi connectivity index (χ1v) is 7.61. The maximum absolute atomic E-state index is 12.3. The van der Waals surface area contributed by atoms with Crippen LogP contribution in [0.5, 0.6) is 11.5 Å². The van der Waals surface area contributed by atoms with E-state index in [0.717, 1.165) is 0 Å². The number of ketones is 1. The molecule has 25 heavy (non-hydrogen) atoms. The molecule has 6 nitrogen and oxygen atoms in total. The molecule has 6 heteroatoms. The van der Waals surface area contributed by atoms with E-state index in [9.17, 15) is 9.59 Å². The molecule has 0 unspecified atom stereocenters. The standard InChI is InChI=1S/C19H18N2O4/c1-12(22)15-5-7-16(8-6-15)21-19(23)13(2)25-17-9-4-14(11-20)10-18(17)24-3/h4-10,13H,1-3H3,(H,21,23)/t13-/m1/s1. The van der Waals surface area contributed by atoms with Gasteiger partial charge in [0.25, 0.3) is 5.91 Å². The summed E-state index contributed by atoms with van der Waals surface area (Å²) in [4.78, 5) is 23.5. The van der Waals surface area contributed by atoms with Gasteiger partial charge < -0.3 is 14.8 Å². The maximum atomic E-state index is 12.3. The average molecular weight is 338 g/mol. The van der Waals surface area contributed by atoms with Gasteiger partial charge in [-0.05, 0) is 50.2 Å². The van der Waals surface area contributed by atoms with Crippen LogP contribution in [-0.2, 0) is 4.79 Å². The van der Waals surface area contributed by atoms with Crippen molar-refractivity contribution in [3.8, 4) is 17.6 Å². The number of anilines is 1. The Labute approximate surface area is 146 Å². The molecule has 1 N–H and O–H groups in total. The molecule has 1 atom stereocenters. The van der Waals surface area contributed by atoms with Crippen LogP contribution in [0.4, 0.5) is 5.69 Å². The summed E-state index contributed by atoms with van der Waals surface area (Å²) in [5, 5.41) is 11.6. The van der Waals surface area contributed by atoms with Gasteiger partial charge in [0.1, 0.15) is 0 Å². The first-order valence-electron chi connectivity index (χ1n) is 7.61. The Morgan fingerprint density at radius 2 is 1.80 bits per heavy atom. The molecule has 0 saturated heterocycles. The number of nitriles is 1. The van der Waals surface area contributed by atoms with Crippen LogP contribution in [0.1, 0.15) is 29.8 Å². The molecule has 1 amide bonds. The SMILES string of the molecule is COc1cc(C#N)ccc1O[C@H](C)C(=O)Nc1ccc(C(C)=O)cc1. The van der Waals surface area contributed by atoms with Gasteiger partial charge in [-0.15, -0.1) is 0 Å². The van der Waals surface area contributed by atoms with Crippen LogP contribution in [0, 0.1) is 11.3 Å². The molecule has 128 valence electrons. The lowest BCUT2D eigenvalue weighted by molar-refractivity contribution is -0.122. The lowest BCUT2D eigenvalue weighted by atomic mass is 10.1. The summed E-state index contributed by atoms with van der Waals surface area (Å²) < 4.78 is 10.8. The van der Waals surface area contributed by atoms with Crippen molar-refractivity contribution in [2.75, 3.05) is 12.4 Å². The fourth-order valence-electron chi connectivity index (χ4n) is 2.11. The topological polar surface area (TPSA) is 88.4 Å². The third-order valence-electron chi connectivity index (χ3n) is 3.52. The van der Waals surface area contributed by atoms with Crippen molar-refractivity contribution in [2.24, 2.45) is 0 Å². The number of nitrogens with one attached hydrogen (secondary N) is 1. The minimum Gasteiger partial charge on any atom is -0.493 e. The second-order valence-corrected chi connectivity index (χ2v) is 5.36. The molecule has 0 spiro atoms. The normalized spacial score (nSPS) is 11.1. The number of ether oxygens (including phenoxy) is 2. The number of hydrogen-bond donors (Lipinski definition) is 1. The van der Waals surface area contributed by atoms with E-state index < -0.39 is 6.10 Å². The van der Waals surface area contributed by atoms with Gasteiger partial charge in [0.15, 0.2) is 23.4 Å². The van der Waals surface area contributed by atoms with E-state index in [4.69, 9.17) is 14.7 Å². The Morgan fingerprint density at radius 1 is 1.12 bits per heavy atom. The van der Waals surface area contributed by atoms with Crippen molar-refractivity contribution in [1.29, 1.82) is 5.26 Å². The summed E-state index contributed by atoms with van der Waals surface area (Å²) in [6.07, 6.45) is -0.783. The highest BCUT2D eigenvalue weighted by atomic mass is 16.5. The first kappa shape index (κ1) is 18.0. The van der Waals surface area contributed by atoms with Crippen molar-refractivity contribution < 1.29 is 19.1 Å². The molecule has 0 radical (unpaired) electrons. The third kappa shape index (κ3) is 4.58. The van der Waals surface area contributed by atoms with Gasteiger partial charge in [0.2, 0.25) is 0 Å². The smallest absolute Gasteiger partial charge is 0.265 e. The lowest BCUT2D eigenvalue weighted by Crippen LogP contribution is -2.30. The van der Waals surface area contributed by atoms with Crippen molar-refractivity contribution in [3.63, 3.8) is 0 Å². The Hall–Kier alpha value is -3.33. The van der Waals surface area contributed by atoms with Crippen LogP contribution in [-0.4, -0.2) is 24.9 Å². The van der Waals surface area contributed by atoms with E-state index in [1.807, 2.05) is 6.07 Å². The zero-order valence-corrected chi connectivity index (χ0v) is 14.2. The number of nitrogens with zero attached hydrogens (tertiary/aromatic N) is 1. The van der Waals surface area contributed by atoms with Gasteiger partial charge in [-0.2, -0.15) is 5.26 Å². The fourth-order valence-corrected chi connectivity index (χ4v) is 2.11. The van der Waals surface area contributed by atoms with Gasteiger partial charge in [0, 0.05) is 17.3 Å². The van der Waals surface area contributed by atoms with Crippen molar-refractivity contribution in [1.82, 2.24) is 0 Å². The highest BCUT2D eigenvalue weighted by molar-refractivity contribution is 5.96. The molecule has 0 aliphatic rings. The molecule has 0 aromatic heterocycles. The lowest BCUT2D eigenvalue weighted by Gasteiger charge is -2.17. The number of hydrogen-bond acceptors (Lipinski definition) is 5. The largest absolute Gasteiger partial charge is 0.493 e. The molecule has 0 aliphatic heterocycles. The highest BCUT2D eigenvalue weighted by Gasteiger charge is 2.17. The highest BCUT2D eigenvalue weighted by Crippen LogP contribution is 2.28. The van der Waals surface area contributed by atoms with Gasteiger partial charge in [-0.1, -0.05) is 0 Å². The van der Waals surface area contributed by atoms with Crippen molar-refractivity contribution in [2.45, 2.75) is 20.0 Å². The molecular weight excluding hydrogens is 320 g/mol. The van der Waals surface area contributed by atoms with Crippen LogP contribution >= 0.6 is 0 Å². The second kappa shape index (κ2) is 7.97. The van der Waals surface area contributed by atoms with Crippen LogP contribution in [0.15, 0.2) is 42.5 Å². The number of rotatable bonds is 6. The van der Waals surface area contributed by atoms with E-state index in [1.165, 1.54) is 14.0 Å². The van der Waals surface area contributed by atoms with E-state index in [2.05, 4.69) is 5.32 Å². The average Bonchev–Trinajstić information content (AvgIpc) is 2.62. The van der Waals surface area contributed by atoms with Crippen LogP contribution in [0.2, 0.25) is 0 Å². The molecule has 0 bridgehead atoms. The van der Waals surface area contributed by atoms with Crippen molar-refractivity contribution in [3.05, 3.63) is 53.6 Å². The van der Waals surface area contributed by atoms with Gasteiger partial charge in [0.05, 0.1) is 18.7 Å². The number of methoxy groups -OCH3 is 1. The number of benzene rings is 2. The molecule has 2 rings (SSSR count). The maximum Gasteiger partial charge on any atom is 0.265 e. The quantitative estimate of drug-likeness (QED) is 0.817. The Kier molecular flexibility index (Phi) is 5.75. The molecule has 0 saturated carbocycles. The van der Waals surface area contributed by atoms with E-state index >= 15 is 0 Å². The minimum absolute atomic E-state index is 0.0394. The summed E-state index contributed by atoms with van der Waals surface area (Å²) in [6, 6.07) is 13.3. The molecular formula is C19H18N2O4. The van der Waals surface area contributed by atoms with Gasteiger partial charge in [-0.25, -0.2) is 0 Å². The Balaban J connectivity index is 2.05. The van der Waals surface area contributed by atoms with Crippen LogP contribution in [0.25, 0.3) is 0 Å². The van der Waals surface area contributed by atoms with E-state index in [-0.39, 0.29) is 11.7 Å². The summed E-state index contributed by atoms with van der Waals surface area (Å²) >= 11 is 0. The summed E-state index contributed by atoms with van der Waals surface area (Å²) in [6.45, 7) is 3.09. The number of carbonyl (C=O) groups excluding carboxylic acids is 2. The zero-order valence-electron chi connectivity index (χ0n) is 14.2. The van der Waals surface area contributed by atoms with Gasteiger partial charge >= 0.3 is 0 Å². The summed E-state index contributed by atoms with van der Waals surface area (Å²) in [5.41, 5.74) is 1.58. The number of carbonyl (C=O) groups is 2. The monoisotopic (exact) mass is 338 g/mol. The third-order valence-corrected chi connectivity index (χ3v) is 3.52. The molecule has 2 aromatic rings. The van der Waals surface area contributed by atoms with E-state index in [1.54, 1.807) is 49.4 Å². The van der Waals surface area contributed by atoms with Gasteiger partial charge in [-0.3, -0.25) is 9.59 Å². The predicted molar refractivity (Wildman–Crippen MR) is 92.9 cm³/mol. The summed E-state index contributed by atoms with van der Waals surface area (Å²) in [7, 11) is 1.46. The van der Waals surface area contributed by atoms with Crippen molar-refractivity contribution >= 4 is 17.4 Å². The number of Topliss-reactive ketones (excluding diaryl/α,β-unsaturated/α-hetero) is 1. The summed E-state index contributed by atoms with van der Waals surface area (Å²) in [5.74, 6) is 0.366. The zero-order chi connectivity index (χ0) is 18.4. The fraction of sp³-hybridized carbons (Fsp3) is 0.211.